The van der Waals surface area contributed by atoms with Crippen molar-refractivity contribution in [1.82, 2.24) is 4.90 Å². The lowest BCUT2D eigenvalue weighted by Crippen LogP contribution is -2.39. The smallest absolute Gasteiger partial charge is 0.341 e. The van der Waals surface area contributed by atoms with Gasteiger partial charge in [-0.15, -0.1) is 0 Å². The van der Waals surface area contributed by atoms with Gasteiger partial charge < -0.3 is 20.1 Å². The standard InChI is InChI=1S/C14H20N2O4/c1-4-16(10(2)3)14(19)15-11-7-5-6-8-12(11)20-9-13(17)18/h5-8,10H,4,9H2,1-3H3,(H,15,19)(H,17,18). The highest BCUT2D eigenvalue weighted by Crippen LogP contribution is 2.24. The Balaban J connectivity index is 2.81. The molecule has 2 amide bonds. The molecule has 2 N–H and O–H groups in total. The van der Waals surface area contributed by atoms with Crippen molar-refractivity contribution in [3.8, 4) is 5.75 Å². The number of hydrogen-bond donors (Lipinski definition) is 2. The molecule has 1 aromatic rings. The van der Waals surface area contributed by atoms with Crippen molar-refractivity contribution in [2.45, 2.75) is 26.8 Å². The largest absolute Gasteiger partial charge is 0.480 e. The third kappa shape index (κ3) is 4.46. The maximum atomic E-state index is 12.1. The fraction of sp³-hybridized carbons (Fsp3) is 0.429. The van der Waals surface area contributed by atoms with Crippen molar-refractivity contribution in [3.05, 3.63) is 24.3 Å². The van der Waals surface area contributed by atoms with E-state index < -0.39 is 12.6 Å². The molecule has 0 heterocycles. The minimum Gasteiger partial charge on any atom is -0.480 e. The van der Waals surface area contributed by atoms with Crippen LogP contribution in [0.3, 0.4) is 0 Å². The molecule has 0 saturated heterocycles. The molecular weight excluding hydrogens is 260 g/mol. The van der Waals surface area contributed by atoms with E-state index in [1.807, 2.05) is 20.8 Å². The highest BCUT2D eigenvalue weighted by molar-refractivity contribution is 5.91. The Hall–Kier alpha value is -2.24. The van der Waals surface area contributed by atoms with Crippen LogP contribution in [-0.4, -0.2) is 41.2 Å². The molecule has 1 rings (SSSR count). The van der Waals surface area contributed by atoms with Crippen molar-refractivity contribution in [2.24, 2.45) is 0 Å². The van der Waals surface area contributed by atoms with Gasteiger partial charge in [-0.25, -0.2) is 9.59 Å². The first kappa shape index (κ1) is 15.8. The van der Waals surface area contributed by atoms with Crippen molar-refractivity contribution in [2.75, 3.05) is 18.5 Å². The number of hydrogen-bond acceptors (Lipinski definition) is 3. The molecule has 0 atom stereocenters. The molecule has 6 nitrogen and oxygen atoms in total. The average molecular weight is 280 g/mol. The lowest BCUT2D eigenvalue weighted by molar-refractivity contribution is -0.139. The Morgan fingerprint density at radius 1 is 1.35 bits per heavy atom. The summed E-state index contributed by atoms with van der Waals surface area (Å²) in [5.41, 5.74) is 0.456. The molecule has 0 spiro atoms. The van der Waals surface area contributed by atoms with E-state index >= 15 is 0 Å². The zero-order valence-electron chi connectivity index (χ0n) is 11.9. The normalized spacial score (nSPS) is 10.2. The summed E-state index contributed by atoms with van der Waals surface area (Å²) in [7, 11) is 0. The van der Waals surface area contributed by atoms with Crippen LogP contribution in [-0.2, 0) is 4.79 Å². The van der Waals surface area contributed by atoms with E-state index in [-0.39, 0.29) is 12.1 Å². The van der Waals surface area contributed by atoms with Gasteiger partial charge in [0.15, 0.2) is 6.61 Å². The SMILES string of the molecule is CCN(C(=O)Nc1ccccc1OCC(=O)O)C(C)C. The lowest BCUT2D eigenvalue weighted by atomic mass is 10.3. The number of benzene rings is 1. The van der Waals surface area contributed by atoms with E-state index in [0.717, 1.165) is 0 Å². The van der Waals surface area contributed by atoms with Crippen LogP contribution in [0.5, 0.6) is 5.75 Å². The first-order chi connectivity index (χ1) is 9.45. The third-order valence-electron chi connectivity index (χ3n) is 2.70. The topological polar surface area (TPSA) is 78.9 Å². The molecule has 0 aliphatic heterocycles. The molecule has 0 fully saturated rings. The number of urea groups is 1. The van der Waals surface area contributed by atoms with Gasteiger partial charge in [0.1, 0.15) is 5.75 Å². The van der Waals surface area contributed by atoms with Gasteiger partial charge in [0.2, 0.25) is 0 Å². The summed E-state index contributed by atoms with van der Waals surface area (Å²) >= 11 is 0. The lowest BCUT2D eigenvalue weighted by Gasteiger charge is -2.25. The minimum absolute atomic E-state index is 0.0760. The van der Waals surface area contributed by atoms with Gasteiger partial charge in [-0.05, 0) is 32.9 Å². The molecular formula is C14H20N2O4. The highest BCUT2D eigenvalue weighted by atomic mass is 16.5. The van der Waals surface area contributed by atoms with Crippen LogP contribution in [0, 0.1) is 0 Å². The number of nitrogens with one attached hydrogen (secondary N) is 1. The Labute approximate surface area is 118 Å². The van der Waals surface area contributed by atoms with E-state index in [9.17, 15) is 9.59 Å². The number of carbonyl (C=O) groups is 2. The van der Waals surface area contributed by atoms with Gasteiger partial charge in [-0.1, -0.05) is 12.1 Å². The van der Waals surface area contributed by atoms with E-state index in [0.29, 0.717) is 18.0 Å². The van der Waals surface area contributed by atoms with Gasteiger partial charge >= 0.3 is 12.0 Å². The Morgan fingerprint density at radius 3 is 2.55 bits per heavy atom. The van der Waals surface area contributed by atoms with E-state index in [1.54, 1.807) is 29.2 Å². The second-order valence-corrected chi connectivity index (χ2v) is 4.49. The summed E-state index contributed by atoms with van der Waals surface area (Å²) < 4.78 is 5.14. The first-order valence-electron chi connectivity index (χ1n) is 6.47. The van der Waals surface area contributed by atoms with E-state index in [1.165, 1.54) is 0 Å². The number of nitrogens with zero attached hydrogens (tertiary/aromatic N) is 1. The molecule has 0 aliphatic carbocycles. The molecule has 0 bridgehead atoms. The zero-order chi connectivity index (χ0) is 15.1. The van der Waals surface area contributed by atoms with Crippen molar-refractivity contribution in [3.63, 3.8) is 0 Å². The summed E-state index contributed by atoms with van der Waals surface area (Å²) in [4.78, 5) is 24.3. The molecule has 0 radical (unpaired) electrons. The summed E-state index contributed by atoms with van der Waals surface area (Å²) in [5, 5.41) is 11.4. The molecule has 0 saturated carbocycles. The Bertz CT molecular complexity index is 474. The van der Waals surface area contributed by atoms with Gasteiger partial charge in [0, 0.05) is 12.6 Å². The zero-order valence-corrected chi connectivity index (χ0v) is 11.9. The fourth-order valence-electron chi connectivity index (χ4n) is 1.77. The number of para-hydroxylation sites is 2. The van der Waals surface area contributed by atoms with Crippen LogP contribution < -0.4 is 10.1 Å². The number of carboxylic acids is 1. The maximum absolute atomic E-state index is 12.1. The van der Waals surface area contributed by atoms with Crippen LogP contribution >= 0.6 is 0 Å². The summed E-state index contributed by atoms with van der Waals surface area (Å²) in [6, 6.07) is 6.58. The third-order valence-corrected chi connectivity index (χ3v) is 2.70. The number of anilines is 1. The van der Waals surface area contributed by atoms with Crippen molar-refractivity contribution < 1.29 is 19.4 Å². The van der Waals surface area contributed by atoms with Gasteiger partial charge in [-0.2, -0.15) is 0 Å². The fourth-order valence-corrected chi connectivity index (χ4v) is 1.77. The highest BCUT2D eigenvalue weighted by Gasteiger charge is 2.16. The predicted molar refractivity (Wildman–Crippen MR) is 76.1 cm³/mol. The molecule has 1 aromatic carbocycles. The molecule has 6 heteroatoms. The van der Waals surface area contributed by atoms with E-state index in [2.05, 4.69) is 5.32 Å². The molecule has 0 aliphatic rings. The second-order valence-electron chi connectivity index (χ2n) is 4.49. The van der Waals surface area contributed by atoms with Crippen LogP contribution in [0.25, 0.3) is 0 Å². The number of carboxylic acid groups (broad SMARTS) is 1. The van der Waals surface area contributed by atoms with Crippen LogP contribution in [0.1, 0.15) is 20.8 Å². The first-order valence-corrected chi connectivity index (χ1v) is 6.47. The second kappa shape index (κ2) is 7.37. The summed E-state index contributed by atoms with van der Waals surface area (Å²) in [6.45, 7) is 5.88. The number of ether oxygens (including phenoxy) is 1. The average Bonchev–Trinajstić information content (AvgIpc) is 2.38. The van der Waals surface area contributed by atoms with Crippen molar-refractivity contribution >= 4 is 17.7 Å². The molecule has 0 aromatic heterocycles. The quantitative estimate of drug-likeness (QED) is 0.838. The summed E-state index contributed by atoms with van der Waals surface area (Å²) in [6.07, 6.45) is 0. The van der Waals surface area contributed by atoms with Gasteiger partial charge in [-0.3, -0.25) is 0 Å². The Morgan fingerprint density at radius 2 is 2.00 bits per heavy atom. The van der Waals surface area contributed by atoms with Crippen LogP contribution in [0.4, 0.5) is 10.5 Å². The number of carbonyl (C=O) groups excluding carboxylic acids is 1. The minimum atomic E-state index is -1.07. The van der Waals surface area contributed by atoms with Gasteiger partial charge in [0.25, 0.3) is 0 Å². The molecule has 110 valence electrons. The number of amides is 2. The predicted octanol–water partition coefficient (Wildman–Crippen LogP) is 2.41. The maximum Gasteiger partial charge on any atom is 0.341 e. The van der Waals surface area contributed by atoms with Gasteiger partial charge in [0.05, 0.1) is 5.69 Å². The van der Waals surface area contributed by atoms with Crippen LogP contribution in [0.2, 0.25) is 0 Å². The molecule has 0 unspecified atom stereocenters. The monoisotopic (exact) mass is 280 g/mol. The number of aliphatic carboxylic acids is 1. The van der Waals surface area contributed by atoms with E-state index in [4.69, 9.17) is 9.84 Å². The number of rotatable bonds is 6. The Kier molecular flexibility index (Phi) is 5.83. The molecule has 20 heavy (non-hydrogen) atoms. The summed E-state index contributed by atoms with van der Waals surface area (Å²) in [5.74, 6) is -0.730. The van der Waals surface area contributed by atoms with Crippen LogP contribution in [0.15, 0.2) is 24.3 Å². The van der Waals surface area contributed by atoms with Crippen molar-refractivity contribution in [1.29, 1.82) is 0 Å².